The predicted molar refractivity (Wildman–Crippen MR) is 108 cm³/mol. The molecule has 28 heavy (non-hydrogen) atoms. The molecule has 0 spiro atoms. The third-order valence-corrected chi connectivity index (χ3v) is 5.11. The van der Waals surface area contributed by atoms with Gasteiger partial charge < -0.3 is 15.5 Å². The number of hydrogen-bond donors (Lipinski definition) is 2. The van der Waals surface area contributed by atoms with E-state index in [9.17, 15) is 14.4 Å². The molecule has 1 atom stereocenters. The van der Waals surface area contributed by atoms with Crippen LogP contribution in [-0.4, -0.2) is 45.7 Å². The highest BCUT2D eigenvalue weighted by Gasteiger charge is 2.23. The van der Waals surface area contributed by atoms with Gasteiger partial charge in [0.15, 0.2) is 5.78 Å². The minimum atomic E-state index is -0.916. The Balaban J connectivity index is 1.91. The number of Topliss-reactive ketones (excluding diaryl/α,β-unsaturated/α-hetero) is 1. The molecule has 8 nitrogen and oxygen atoms in total. The van der Waals surface area contributed by atoms with Gasteiger partial charge in [-0.15, -0.1) is 11.3 Å². The lowest BCUT2D eigenvalue weighted by molar-refractivity contribution is -0.123. The summed E-state index contributed by atoms with van der Waals surface area (Å²) in [5.41, 5.74) is 0.790. The van der Waals surface area contributed by atoms with Gasteiger partial charge in [0.25, 0.3) is 0 Å². The van der Waals surface area contributed by atoms with Gasteiger partial charge in [-0.2, -0.15) is 0 Å². The first-order valence-electron chi connectivity index (χ1n) is 8.93. The van der Waals surface area contributed by atoms with E-state index in [0.717, 1.165) is 10.7 Å². The van der Waals surface area contributed by atoms with E-state index in [-0.39, 0.29) is 12.2 Å². The quantitative estimate of drug-likeness (QED) is 0.705. The number of hydrogen-bond acceptors (Lipinski definition) is 6. The van der Waals surface area contributed by atoms with E-state index < -0.39 is 18.0 Å². The second-order valence-electron chi connectivity index (χ2n) is 6.77. The molecule has 1 unspecified atom stereocenters. The molecular formula is C19H25N5O3S. The summed E-state index contributed by atoms with van der Waals surface area (Å²) in [7, 11) is 1.62. The highest BCUT2D eigenvalue weighted by atomic mass is 32.1. The Morgan fingerprint density at radius 2 is 2.00 bits per heavy atom. The van der Waals surface area contributed by atoms with Crippen molar-refractivity contribution >= 4 is 34.9 Å². The Hall–Kier alpha value is -2.81. The number of carbonyl (C=O) groups is 3. The number of pyridine rings is 1. The van der Waals surface area contributed by atoms with Gasteiger partial charge in [-0.3, -0.25) is 9.59 Å². The minimum absolute atomic E-state index is 0.167. The number of ketones is 1. The molecule has 0 aromatic carbocycles. The summed E-state index contributed by atoms with van der Waals surface area (Å²) in [6, 6.07) is 3.76. The Morgan fingerprint density at radius 3 is 2.57 bits per heavy atom. The van der Waals surface area contributed by atoms with Crippen molar-refractivity contribution in [3.8, 4) is 0 Å². The summed E-state index contributed by atoms with van der Waals surface area (Å²) in [5.74, 6) is 0.0249. The number of urea groups is 1. The molecule has 0 radical (unpaired) electrons. The lowest BCUT2D eigenvalue weighted by atomic mass is 10.1. The van der Waals surface area contributed by atoms with Crippen LogP contribution in [0.5, 0.6) is 0 Å². The van der Waals surface area contributed by atoms with Crippen LogP contribution in [0.1, 0.15) is 43.8 Å². The zero-order valence-corrected chi connectivity index (χ0v) is 17.2. The van der Waals surface area contributed by atoms with Crippen molar-refractivity contribution in [2.24, 2.45) is 0 Å². The van der Waals surface area contributed by atoms with Crippen LogP contribution >= 0.6 is 11.3 Å². The molecule has 2 rings (SSSR count). The van der Waals surface area contributed by atoms with Crippen LogP contribution in [0.15, 0.2) is 29.8 Å². The topological polar surface area (TPSA) is 104 Å². The van der Waals surface area contributed by atoms with Gasteiger partial charge in [0.05, 0.1) is 29.7 Å². The molecule has 2 heterocycles. The van der Waals surface area contributed by atoms with Crippen LogP contribution in [0.2, 0.25) is 0 Å². The Kier molecular flexibility index (Phi) is 7.62. The molecule has 0 saturated heterocycles. The monoisotopic (exact) mass is 403 g/mol. The van der Waals surface area contributed by atoms with Crippen molar-refractivity contribution < 1.29 is 14.4 Å². The summed E-state index contributed by atoms with van der Waals surface area (Å²) in [6.45, 7) is 5.78. The Bertz CT molecular complexity index is 822. The molecule has 0 aliphatic heterocycles. The van der Waals surface area contributed by atoms with E-state index in [0.29, 0.717) is 18.3 Å². The third kappa shape index (κ3) is 6.41. The highest BCUT2D eigenvalue weighted by Crippen LogP contribution is 2.19. The van der Waals surface area contributed by atoms with Crippen molar-refractivity contribution in [1.82, 2.24) is 20.2 Å². The van der Waals surface area contributed by atoms with Crippen molar-refractivity contribution in [1.29, 1.82) is 0 Å². The van der Waals surface area contributed by atoms with Crippen molar-refractivity contribution in [2.75, 3.05) is 12.4 Å². The number of amides is 3. The number of nitrogens with one attached hydrogen (secondary N) is 2. The second kappa shape index (κ2) is 9.93. The van der Waals surface area contributed by atoms with E-state index in [1.807, 2.05) is 5.38 Å². The maximum atomic E-state index is 12.4. The molecule has 3 amide bonds. The smallest absolute Gasteiger partial charge is 0.318 e. The van der Waals surface area contributed by atoms with Crippen LogP contribution in [-0.2, 0) is 16.1 Å². The van der Waals surface area contributed by atoms with Gasteiger partial charge in [-0.25, -0.2) is 14.8 Å². The average molecular weight is 404 g/mol. The first-order valence-corrected chi connectivity index (χ1v) is 9.81. The summed E-state index contributed by atoms with van der Waals surface area (Å²) >= 11 is 1.56. The fraction of sp³-hybridized carbons (Fsp3) is 0.421. The van der Waals surface area contributed by atoms with E-state index >= 15 is 0 Å². The van der Waals surface area contributed by atoms with Gasteiger partial charge in [0.1, 0.15) is 5.82 Å². The summed E-state index contributed by atoms with van der Waals surface area (Å²) in [5, 5.41) is 8.15. The zero-order chi connectivity index (χ0) is 20.7. The number of anilines is 1. The summed E-state index contributed by atoms with van der Waals surface area (Å²) in [4.78, 5) is 46.4. The van der Waals surface area contributed by atoms with Crippen LogP contribution in [0.4, 0.5) is 10.6 Å². The molecular weight excluding hydrogens is 378 g/mol. The van der Waals surface area contributed by atoms with Crippen LogP contribution < -0.4 is 10.6 Å². The summed E-state index contributed by atoms with van der Waals surface area (Å²) in [6.07, 6.45) is 1.39. The number of aromatic nitrogens is 2. The Labute approximate surface area is 168 Å². The molecule has 0 bridgehead atoms. The average Bonchev–Trinajstić information content (AvgIpc) is 3.10. The normalized spacial score (nSPS) is 11.8. The highest BCUT2D eigenvalue weighted by molar-refractivity contribution is 7.09. The summed E-state index contributed by atoms with van der Waals surface area (Å²) < 4.78 is 0. The van der Waals surface area contributed by atoms with E-state index in [2.05, 4.69) is 34.4 Å². The number of rotatable bonds is 8. The van der Waals surface area contributed by atoms with E-state index in [4.69, 9.17) is 0 Å². The molecule has 2 aromatic heterocycles. The van der Waals surface area contributed by atoms with E-state index in [1.165, 1.54) is 11.8 Å². The number of carbonyl (C=O) groups excluding carboxylic acids is 3. The van der Waals surface area contributed by atoms with Gasteiger partial charge in [-0.05, 0) is 19.1 Å². The molecule has 0 aliphatic rings. The number of nitrogens with zero attached hydrogens (tertiary/aromatic N) is 3. The molecule has 0 aliphatic carbocycles. The second-order valence-corrected chi connectivity index (χ2v) is 7.66. The SMILES string of the molecule is CC(=O)C(CC(=O)Nc1ccccn1)NC(=O)N(C)Cc1csc(C(C)C)n1. The zero-order valence-electron chi connectivity index (χ0n) is 16.4. The third-order valence-electron chi connectivity index (χ3n) is 3.92. The Morgan fingerprint density at radius 1 is 1.25 bits per heavy atom. The predicted octanol–water partition coefficient (Wildman–Crippen LogP) is 2.79. The molecule has 2 N–H and O–H groups in total. The van der Waals surface area contributed by atoms with Crippen LogP contribution in [0, 0.1) is 0 Å². The molecule has 9 heteroatoms. The fourth-order valence-corrected chi connectivity index (χ4v) is 3.17. The maximum absolute atomic E-state index is 12.4. The lowest BCUT2D eigenvalue weighted by Gasteiger charge is -2.21. The van der Waals surface area contributed by atoms with E-state index in [1.54, 1.807) is 42.8 Å². The van der Waals surface area contributed by atoms with Crippen LogP contribution in [0.25, 0.3) is 0 Å². The van der Waals surface area contributed by atoms with Gasteiger partial charge in [-0.1, -0.05) is 19.9 Å². The largest absolute Gasteiger partial charge is 0.328 e. The van der Waals surface area contributed by atoms with Crippen molar-refractivity contribution in [3.05, 3.63) is 40.5 Å². The molecule has 2 aromatic rings. The standard InChI is InChI=1S/C19H25N5O3S/c1-12(2)18-21-14(11-28-18)10-24(4)19(27)22-15(13(3)25)9-17(26)23-16-7-5-6-8-20-16/h5-8,11-12,15H,9-10H2,1-4H3,(H,22,27)(H,20,23,26). The lowest BCUT2D eigenvalue weighted by Crippen LogP contribution is -2.47. The fourth-order valence-electron chi connectivity index (χ4n) is 2.35. The van der Waals surface area contributed by atoms with Crippen molar-refractivity contribution in [3.63, 3.8) is 0 Å². The van der Waals surface area contributed by atoms with Gasteiger partial charge >= 0.3 is 6.03 Å². The minimum Gasteiger partial charge on any atom is -0.328 e. The first kappa shape index (κ1) is 21.5. The van der Waals surface area contributed by atoms with Gasteiger partial charge in [0.2, 0.25) is 5.91 Å². The molecule has 0 saturated carbocycles. The van der Waals surface area contributed by atoms with Gasteiger partial charge in [0, 0.05) is 24.5 Å². The first-order chi connectivity index (χ1) is 13.3. The molecule has 0 fully saturated rings. The van der Waals surface area contributed by atoms with Crippen LogP contribution in [0.3, 0.4) is 0 Å². The number of thiazole rings is 1. The maximum Gasteiger partial charge on any atom is 0.318 e. The molecule has 150 valence electrons. The van der Waals surface area contributed by atoms with Crippen molar-refractivity contribution in [2.45, 2.75) is 45.7 Å².